The molecule has 3 aliphatic rings. The van der Waals surface area contributed by atoms with Crippen LogP contribution in [0.4, 0.5) is 14.0 Å². The molecule has 1 aromatic rings. The van der Waals surface area contributed by atoms with E-state index in [1.165, 1.54) is 12.5 Å². The van der Waals surface area contributed by atoms with Gasteiger partial charge in [0.15, 0.2) is 0 Å². The van der Waals surface area contributed by atoms with Crippen LogP contribution in [-0.2, 0) is 9.47 Å². The number of alkyl halides is 1. The number of alkyl carbamates (subject to hydrolysis) is 1. The molecular weight excluding hydrogens is 425 g/mol. The van der Waals surface area contributed by atoms with Crippen molar-refractivity contribution in [3.8, 4) is 0 Å². The number of rotatable bonds is 5. The summed E-state index contributed by atoms with van der Waals surface area (Å²) in [6.45, 7) is 4.41. The van der Waals surface area contributed by atoms with Gasteiger partial charge in [-0.05, 0) is 51.0 Å². The molecule has 0 radical (unpaired) electrons. The number of benzene rings is 1. The third-order valence-electron chi connectivity index (χ3n) is 7.78. The summed E-state index contributed by atoms with van der Waals surface area (Å²) in [5.41, 5.74) is -1.57. The fourth-order valence-corrected chi connectivity index (χ4v) is 5.79. The van der Waals surface area contributed by atoms with Gasteiger partial charge in [-0.3, -0.25) is 0 Å². The van der Waals surface area contributed by atoms with Gasteiger partial charge in [0.2, 0.25) is 0 Å². The van der Waals surface area contributed by atoms with Crippen molar-refractivity contribution in [2.75, 3.05) is 26.3 Å². The van der Waals surface area contributed by atoms with Crippen molar-refractivity contribution in [1.29, 1.82) is 0 Å². The summed E-state index contributed by atoms with van der Waals surface area (Å²) in [5.74, 6) is 0.530. The standard InChI is InChI=1S/C25H36FN3O4/c1-3-27-22(30)29-15-13-24(2,26)25(14-16-32-23(31)28-25)21(29)17-33-20-11-9-19(10-12-20)18-7-5-4-6-8-18/h4-8,19-21H,3,9-17H2,1-2H3,(H,27,30)(H,28,31)/t19?,20?,21-,24?,25+/m0/s1. The number of urea groups is 1. The summed E-state index contributed by atoms with van der Waals surface area (Å²) < 4.78 is 27.4. The molecule has 0 aromatic heterocycles. The maximum absolute atomic E-state index is 16.0. The van der Waals surface area contributed by atoms with Crippen LogP contribution in [0.3, 0.4) is 0 Å². The minimum absolute atomic E-state index is 0.0569. The van der Waals surface area contributed by atoms with Gasteiger partial charge in [0.1, 0.15) is 11.2 Å². The molecule has 2 saturated heterocycles. The number of carbonyl (C=O) groups excluding carboxylic acids is 2. The topological polar surface area (TPSA) is 79.9 Å². The van der Waals surface area contributed by atoms with Gasteiger partial charge in [-0.2, -0.15) is 0 Å². The number of nitrogens with zero attached hydrogens (tertiary/aromatic N) is 1. The molecule has 0 bridgehead atoms. The molecule has 3 amide bonds. The van der Waals surface area contributed by atoms with E-state index in [9.17, 15) is 9.59 Å². The predicted molar refractivity (Wildman–Crippen MR) is 123 cm³/mol. The highest BCUT2D eigenvalue weighted by Gasteiger charge is 2.61. The smallest absolute Gasteiger partial charge is 0.407 e. The van der Waals surface area contributed by atoms with Crippen molar-refractivity contribution < 1.29 is 23.5 Å². The number of hydrogen-bond donors (Lipinski definition) is 2. The lowest BCUT2D eigenvalue weighted by molar-refractivity contribution is -0.112. The first-order valence-electron chi connectivity index (χ1n) is 12.2. The summed E-state index contributed by atoms with van der Waals surface area (Å²) in [6, 6.07) is 9.67. The van der Waals surface area contributed by atoms with E-state index < -0.39 is 23.3 Å². The van der Waals surface area contributed by atoms with Crippen molar-refractivity contribution in [1.82, 2.24) is 15.5 Å². The highest BCUT2D eigenvalue weighted by atomic mass is 19.1. The Morgan fingerprint density at radius 1 is 1.24 bits per heavy atom. The second-order valence-electron chi connectivity index (χ2n) is 9.69. The average Bonchev–Trinajstić information content (AvgIpc) is 2.81. The zero-order valence-electron chi connectivity index (χ0n) is 19.6. The second kappa shape index (κ2) is 9.87. The Kier molecular flexibility index (Phi) is 7.12. The van der Waals surface area contributed by atoms with E-state index in [1.807, 2.05) is 13.0 Å². The van der Waals surface area contributed by atoms with Gasteiger partial charge in [-0.1, -0.05) is 30.3 Å². The van der Waals surface area contributed by atoms with E-state index in [0.29, 0.717) is 12.5 Å². The van der Waals surface area contributed by atoms with Crippen LogP contribution in [-0.4, -0.2) is 66.7 Å². The van der Waals surface area contributed by atoms with Crippen molar-refractivity contribution in [2.24, 2.45) is 0 Å². The molecule has 1 unspecified atom stereocenters. The number of likely N-dealkylation sites (tertiary alicyclic amines) is 1. The minimum Gasteiger partial charge on any atom is -0.449 e. The molecule has 2 heterocycles. The maximum atomic E-state index is 16.0. The number of hydrogen-bond acceptors (Lipinski definition) is 4. The third-order valence-corrected chi connectivity index (χ3v) is 7.78. The number of halogens is 1. The molecule has 2 aliphatic heterocycles. The van der Waals surface area contributed by atoms with Crippen molar-refractivity contribution in [2.45, 2.75) is 81.6 Å². The zero-order valence-corrected chi connectivity index (χ0v) is 19.6. The van der Waals surface area contributed by atoms with Crippen LogP contribution < -0.4 is 10.6 Å². The lowest BCUT2D eigenvalue weighted by atomic mass is 9.69. The monoisotopic (exact) mass is 461 g/mol. The highest BCUT2D eigenvalue weighted by Crippen LogP contribution is 2.44. The summed E-state index contributed by atoms with van der Waals surface area (Å²) in [5, 5.41) is 5.61. The molecule has 3 fully saturated rings. The van der Waals surface area contributed by atoms with Crippen LogP contribution in [0.5, 0.6) is 0 Å². The first-order valence-corrected chi connectivity index (χ1v) is 12.2. The summed E-state index contributed by atoms with van der Waals surface area (Å²) in [7, 11) is 0. The number of ether oxygens (including phenoxy) is 2. The Labute approximate surface area is 195 Å². The van der Waals surface area contributed by atoms with Gasteiger partial charge < -0.3 is 25.0 Å². The molecule has 3 atom stereocenters. The number of nitrogens with one attached hydrogen (secondary N) is 2. The molecule has 4 rings (SSSR count). The third kappa shape index (κ3) is 4.81. The van der Waals surface area contributed by atoms with Crippen LogP contribution >= 0.6 is 0 Å². The van der Waals surface area contributed by atoms with Crippen molar-refractivity contribution in [3.05, 3.63) is 35.9 Å². The van der Waals surface area contributed by atoms with Gasteiger partial charge in [0.05, 0.1) is 25.4 Å². The van der Waals surface area contributed by atoms with Gasteiger partial charge in [-0.15, -0.1) is 0 Å². The van der Waals surface area contributed by atoms with Crippen molar-refractivity contribution >= 4 is 12.1 Å². The number of cyclic esters (lactones) is 1. The number of carbonyl (C=O) groups is 2. The number of amides is 3. The Morgan fingerprint density at radius 3 is 2.64 bits per heavy atom. The van der Waals surface area contributed by atoms with Gasteiger partial charge in [0, 0.05) is 25.9 Å². The molecule has 1 aromatic carbocycles. The molecule has 33 heavy (non-hydrogen) atoms. The maximum Gasteiger partial charge on any atom is 0.407 e. The van der Waals surface area contributed by atoms with Crippen molar-refractivity contribution in [3.63, 3.8) is 0 Å². The Bertz CT molecular complexity index is 828. The van der Waals surface area contributed by atoms with Gasteiger partial charge in [-0.25, -0.2) is 14.0 Å². The zero-order chi connectivity index (χ0) is 23.5. The van der Waals surface area contributed by atoms with Gasteiger partial charge >= 0.3 is 12.1 Å². The van der Waals surface area contributed by atoms with E-state index in [4.69, 9.17) is 9.47 Å². The fraction of sp³-hybridized carbons (Fsp3) is 0.680. The molecule has 182 valence electrons. The van der Waals surface area contributed by atoms with Crippen LogP contribution in [0.1, 0.15) is 63.9 Å². The van der Waals surface area contributed by atoms with Crippen LogP contribution in [0, 0.1) is 0 Å². The quantitative estimate of drug-likeness (QED) is 0.691. The summed E-state index contributed by atoms with van der Waals surface area (Å²) in [6.07, 6.45) is 3.76. The number of piperidine rings is 1. The summed E-state index contributed by atoms with van der Waals surface area (Å²) in [4.78, 5) is 26.7. The Hall–Kier alpha value is -2.35. The normalized spacial score (nSPS) is 34.5. The Balaban J connectivity index is 1.48. The second-order valence-corrected chi connectivity index (χ2v) is 9.69. The van der Waals surface area contributed by atoms with Crippen LogP contribution in [0.2, 0.25) is 0 Å². The molecule has 8 heteroatoms. The fourth-order valence-electron chi connectivity index (χ4n) is 5.79. The molecule has 2 N–H and O–H groups in total. The van der Waals surface area contributed by atoms with E-state index >= 15 is 4.39 Å². The van der Waals surface area contributed by atoms with E-state index in [2.05, 4.69) is 34.9 Å². The molecule has 1 aliphatic carbocycles. The molecule has 1 spiro atoms. The van der Waals surface area contributed by atoms with Gasteiger partial charge in [0.25, 0.3) is 0 Å². The molecule has 7 nitrogen and oxygen atoms in total. The van der Waals surface area contributed by atoms with E-state index in [1.54, 1.807) is 4.90 Å². The first-order chi connectivity index (χ1) is 15.9. The highest BCUT2D eigenvalue weighted by molar-refractivity contribution is 5.76. The lowest BCUT2D eigenvalue weighted by Gasteiger charge is -2.57. The SMILES string of the molecule is CCNC(=O)N1CCC(C)(F)[C@@]2(CCOC(=O)N2)[C@@H]1COC1CCC(c2ccccc2)CC1. The molecular formula is C25H36FN3O4. The van der Waals surface area contributed by atoms with E-state index in [0.717, 1.165) is 25.7 Å². The lowest BCUT2D eigenvalue weighted by Crippen LogP contribution is -2.78. The average molecular weight is 462 g/mol. The minimum atomic E-state index is -1.69. The summed E-state index contributed by atoms with van der Waals surface area (Å²) >= 11 is 0. The predicted octanol–water partition coefficient (Wildman–Crippen LogP) is 4.13. The van der Waals surface area contributed by atoms with E-state index in [-0.39, 0.29) is 44.7 Å². The Morgan fingerprint density at radius 2 is 1.97 bits per heavy atom. The van der Waals surface area contributed by atoms with Crippen LogP contribution in [0.15, 0.2) is 30.3 Å². The molecule has 1 saturated carbocycles. The first kappa shape index (κ1) is 23.8. The van der Waals surface area contributed by atoms with Crippen LogP contribution in [0.25, 0.3) is 0 Å². The largest absolute Gasteiger partial charge is 0.449 e.